The number of benzene rings is 2. The highest BCUT2D eigenvalue weighted by Crippen LogP contribution is 2.21. The average molecular weight is 288 g/mol. The molecule has 0 radical (unpaired) electrons. The highest BCUT2D eigenvalue weighted by molar-refractivity contribution is 9.10. The van der Waals surface area contributed by atoms with Gasteiger partial charge in [-0.3, -0.25) is 0 Å². The van der Waals surface area contributed by atoms with Crippen molar-refractivity contribution in [1.82, 2.24) is 9.78 Å². The number of hydrogen-bond donors (Lipinski definition) is 1. The number of aromatic nitrogens is 2. The average Bonchev–Trinajstić information content (AvgIpc) is 2.73. The Morgan fingerprint density at radius 2 is 1.82 bits per heavy atom. The molecule has 3 rings (SSSR count). The van der Waals surface area contributed by atoms with Crippen molar-refractivity contribution in [3.63, 3.8) is 0 Å². The molecule has 3 aromatic rings. The van der Waals surface area contributed by atoms with Crippen LogP contribution in [0.1, 0.15) is 0 Å². The van der Waals surface area contributed by atoms with Gasteiger partial charge in [-0.1, -0.05) is 15.9 Å². The molecule has 1 heterocycles. The Bertz CT molecular complexity index is 671. The molecule has 0 amide bonds. The molecule has 0 atom stereocenters. The van der Waals surface area contributed by atoms with Gasteiger partial charge in [-0.15, -0.1) is 0 Å². The Morgan fingerprint density at radius 3 is 2.59 bits per heavy atom. The predicted molar refractivity (Wildman–Crippen MR) is 73.2 cm³/mol. The molecule has 17 heavy (non-hydrogen) atoms. The van der Waals surface area contributed by atoms with Crippen LogP contribution in [0.2, 0.25) is 0 Å². The summed E-state index contributed by atoms with van der Waals surface area (Å²) in [6.45, 7) is 0. The van der Waals surface area contributed by atoms with Gasteiger partial charge in [0.05, 0.1) is 17.4 Å². The van der Waals surface area contributed by atoms with Gasteiger partial charge in [0.1, 0.15) is 0 Å². The van der Waals surface area contributed by atoms with Crippen LogP contribution in [0.3, 0.4) is 0 Å². The van der Waals surface area contributed by atoms with E-state index >= 15 is 0 Å². The Labute approximate surface area is 107 Å². The van der Waals surface area contributed by atoms with Gasteiger partial charge >= 0.3 is 0 Å². The van der Waals surface area contributed by atoms with Gasteiger partial charge in [-0.25, -0.2) is 4.68 Å². The van der Waals surface area contributed by atoms with Crippen molar-refractivity contribution in [2.45, 2.75) is 0 Å². The van der Waals surface area contributed by atoms with Crippen molar-refractivity contribution in [2.75, 3.05) is 5.73 Å². The fraction of sp³-hybridized carbons (Fsp3) is 0. The van der Waals surface area contributed by atoms with Gasteiger partial charge in [0.2, 0.25) is 0 Å². The van der Waals surface area contributed by atoms with Gasteiger partial charge < -0.3 is 5.73 Å². The van der Waals surface area contributed by atoms with E-state index in [1.54, 1.807) is 0 Å². The molecule has 0 aliphatic heterocycles. The van der Waals surface area contributed by atoms with Crippen LogP contribution in [-0.4, -0.2) is 9.78 Å². The van der Waals surface area contributed by atoms with Crippen LogP contribution in [0.5, 0.6) is 0 Å². The first-order chi connectivity index (χ1) is 8.24. The Kier molecular flexibility index (Phi) is 2.37. The molecule has 2 N–H and O–H groups in total. The molecule has 0 spiro atoms. The maximum absolute atomic E-state index is 5.81. The van der Waals surface area contributed by atoms with Crippen LogP contribution >= 0.6 is 15.9 Å². The Balaban J connectivity index is 2.23. The van der Waals surface area contributed by atoms with Crippen molar-refractivity contribution in [2.24, 2.45) is 0 Å². The van der Waals surface area contributed by atoms with Crippen LogP contribution in [0.25, 0.3) is 16.6 Å². The molecule has 0 aliphatic rings. The first-order valence-corrected chi connectivity index (χ1v) is 6.02. The quantitative estimate of drug-likeness (QED) is 0.698. The number of nitrogen functional groups attached to an aromatic ring is 1. The summed E-state index contributed by atoms with van der Waals surface area (Å²) in [5, 5.41) is 5.47. The molecule has 1 aromatic heterocycles. The highest BCUT2D eigenvalue weighted by atomic mass is 79.9. The lowest BCUT2D eigenvalue weighted by Gasteiger charge is -2.04. The molecule has 0 fully saturated rings. The maximum atomic E-state index is 5.81. The lowest BCUT2D eigenvalue weighted by Crippen LogP contribution is -1.96. The van der Waals surface area contributed by atoms with E-state index < -0.39 is 0 Å². The molecule has 4 heteroatoms. The standard InChI is InChI=1S/C13H10BrN3/c14-10-2-5-12(6-3-10)17-13-7-11(15)4-1-9(13)8-16-17/h1-8H,15H2. The van der Waals surface area contributed by atoms with E-state index in [1.165, 1.54) is 0 Å². The topological polar surface area (TPSA) is 43.8 Å². The molecule has 84 valence electrons. The van der Waals surface area contributed by atoms with Gasteiger partial charge in [-0.2, -0.15) is 5.10 Å². The largest absolute Gasteiger partial charge is 0.399 e. The van der Waals surface area contributed by atoms with Crippen LogP contribution in [0.15, 0.2) is 53.1 Å². The highest BCUT2D eigenvalue weighted by Gasteiger charge is 2.04. The molecule has 0 saturated heterocycles. The Morgan fingerprint density at radius 1 is 1.06 bits per heavy atom. The maximum Gasteiger partial charge on any atom is 0.0761 e. The smallest absolute Gasteiger partial charge is 0.0761 e. The number of halogens is 1. The molecular formula is C13H10BrN3. The van der Waals surface area contributed by atoms with Crippen molar-refractivity contribution in [3.05, 3.63) is 53.1 Å². The zero-order chi connectivity index (χ0) is 11.8. The summed E-state index contributed by atoms with van der Waals surface area (Å²) in [4.78, 5) is 0. The summed E-state index contributed by atoms with van der Waals surface area (Å²) in [5.74, 6) is 0. The van der Waals surface area contributed by atoms with Gasteiger partial charge in [0.15, 0.2) is 0 Å². The first kappa shape index (κ1) is 10.4. The summed E-state index contributed by atoms with van der Waals surface area (Å²) in [5.41, 5.74) is 8.59. The number of nitrogens with zero attached hydrogens (tertiary/aromatic N) is 2. The number of anilines is 1. The van der Waals surface area contributed by atoms with Crippen molar-refractivity contribution in [3.8, 4) is 5.69 Å². The van der Waals surface area contributed by atoms with Crippen molar-refractivity contribution in [1.29, 1.82) is 0 Å². The van der Waals surface area contributed by atoms with Crippen LogP contribution in [-0.2, 0) is 0 Å². The van der Waals surface area contributed by atoms with E-state index in [4.69, 9.17) is 5.73 Å². The van der Waals surface area contributed by atoms with Crippen LogP contribution in [0.4, 0.5) is 5.69 Å². The van der Waals surface area contributed by atoms with E-state index in [2.05, 4.69) is 21.0 Å². The molecule has 2 aromatic carbocycles. The minimum Gasteiger partial charge on any atom is -0.399 e. The van der Waals surface area contributed by atoms with Gasteiger partial charge in [0.25, 0.3) is 0 Å². The summed E-state index contributed by atoms with van der Waals surface area (Å²) in [6.07, 6.45) is 1.84. The molecule has 0 unspecified atom stereocenters. The van der Waals surface area contributed by atoms with E-state index in [1.807, 2.05) is 53.3 Å². The molecule has 0 saturated carbocycles. The van der Waals surface area contributed by atoms with E-state index in [9.17, 15) is 0 Å². The minimum absolute atomic E-state index is 0.747. The fourth-order valence-electron chi connectivity index (χ4n) is 1.82. The SMILES string of the molecule is Nc1ccc2cnn(-c3ccc(Br)cc3)c2c1. The van der Waals surface area contributed by atoms with Crippen molar-refractivity contribution >= 4 is 32.5 Å². The normalized spacial score (nSPS) is 10.9. The zero-order valence-electron chi connectivity index (χ0n) is 8.97. The molecule has 0 aliphatic carbocycles. The summed E-state index contributed by atoms with van der Waals surface area (Å²) in [6, 6.07) is 13.8. The third-order valence-electron chi connectivity index (χ3n) is 2.67. The lowest BCUT2D eigenvalue weighted by molar-refractivity contribution is 0.910. The number of rotatable bonds is 1. The monoisotopic (exact) mass is 287 g/mol. The van der Waals surface area contributed by atoms with Crippen molar-refractivity contribution < 1.29 is 0 Å². The second-order valence-electron chi connectivity index (χ2n) is 3.85. The first-order valence-electron chi connectivity index (χ1n) is 5.23. The number of fused-ring (bicyclic) bond motifs is 1. The minimum atomic E-state index is 0.747. The second kappa shape index (κ2) is 3.89. The van der Waals surface area contributed by atoms with Gasteiger partial charge in [0, 0.05) is 15.5 Å². The summed E-state index contributed by atoms with van der Waals surface area (Å²) >= 11 is 3.42. The number of hydrogen-bond acceptors (Lipinski definition) is 2. The van der Waals surface area contributed by atoms with E-state index in [0.717, 1.165) is 26.8 Å². The molecule has 3 nitrogen and oxygen atoms in total. The second-order valence-corrected chi connectivity index (χ2v) is 4.77. The summed E-state index contributed by atoms with van der Waals surface area (Å²) < 4.78 is 2.94. The van der Waals surface area contributed by atoms with Gasteiger partial charge in [-0.05, 0) is 42.5 Å². The summed E-state index contributed by atoms with van der Waals surface area (Å²) in [7, 11) is 0. The van der Waals surface area contributed by atoms with E-state index in [-0.39, 0.29) is 0 Å². The molecule has 0 bridgehead atoms. The van der Waals surface area contributed by atoms with Crippen LogP contribution in [0, 0.1) is 0 Å². The van der Waals surface area contributed by atoms with Crippen LogP contribution < -0.4 is 5.73 Å². The predicted octanol–water partition coefficient (Wildman–Crippen LogP) is 3.37. The number of nitrogens with two attached hydrogens (primary N) is 1. The fourth-order valence-corrected chi connectivity index (χ4v) is 2.09. The van der Waals surface area contributed by atoms with E-state index in [0.29, 0.717) is 0 Å². The third kappa shape index (κ3) is 1.80. The Hall–Kier alpha value is -1.81. The third-order valence-corrected chi connectivity index (χ3v) is 3.19. The lowest BCUT2D eigenvalue weighted by atomic mass is 10.2. The zero-order valence-corrected chi connectivity index (χ0v) is 10.6. The molecular weight excluding hydrogens is 278 g/mol.